The van der Waals surface area contributed by atoms with Crippen molar-refractivity contribution in [1.29, 1.82) is 5.26 Å². The molecule has 19 heavy (non-hydrogen) atoms. The number of pyridine rings is 1. The topological polar surface area (TPSA) is 74.7 Å². The fraction of sp³-hybridized carbons (Fsp3) is 0.200. The second-order valence-corrected chi connectivity index (χ2v) is 4.62. The fourth-order valence-electron chi connectivity index (χ4n) is 2.38. The number of nitrogens with zero attached hydrogens (tertiary/aromatic N) is 2. The molecule has 0 atom stereocenters. The first-order valence-electron chi connectivity index (χ1n) is 6.02. The van der Waals surface area contributed by atoms with Crippen molar-refractivity contribution < 1.29 is 0 Å². The lowest BCUT2D eigenvalue weighted by Crippen LogP contribution is -2.10. The fourth-order valence-corrected chi connectivity index (χ4v) is 2.38. The van der Waals surface area contributed by atoms with Crippen molar-refractivity contribution in [2.45, 2.75) is 20.8 Å². The molecule has 96 valence electrons. The van der Waals surface area contributed by atoms with E-state index >= 15 is 0 Å². The first-order chi connectivity index (χ1) is 9.06. The zero-order chi connectivity index (χ0) is 14.0. The quantitative estimate of drug-likeness (QED) is 0.636. The van der Waals surface area contributed by atoms with Crippen molar-refractivity contribution in [2.75, 3.05) is 5.43 Å². The lowest BCUT2D eigenvalue weighted by atomic mass is 9.97. The molecule has 1 heterocycles. The Balaban J connectivity index is 2.64. The molecule has 4 nitrogen and oxygen atoms in total. The number of hydrazine groups is 1. The first kappa shape index (κ1) is 13.1. The number of hydrogen-bond acceptors (Lipinski definition) is 4. The Kier molecular flexibility index (Phi) is 3.50. The van der Waals surface area contributed by atoms with Crippen LogP contribution in [0.4, 0.5) is 5.82 Å². The Morgan fingerprint density at radius 1 is 1.16 bits per heavy atom. The minimum atomic E-state index is 0.402. The van der Waals surface area contributed by atoms with Crippen molar-refractivity contribution in [1.82, 2.24) is 4.98 Å². The van der Waals surface area contributed by atoms with Gasteiger partial charge in [0.15, 0.2) is 5.82 Å². The molecule has 0 aliphatic carbocycles. The Hall–Kier alpha value is -2.38. The molecule has 0 saturated heterocycles. The monoisotopic (exact) mass is 252 g/mol. The summed E-state index contributed by atoms with van der Waals surface area (Å²) in [7, 11) is 0. The van der Waals surface area contributed by atoms with Gasteiger partial charge in [0.2, 0.25) is 0 Å². The van der Waals surface area contributed by atoms with Gasteiger partial charge in [0.25, 0.3) is 0 Å². The standard InChI is InChI=1S/C15H16N4/c1-9-6-10(2)14(11(3)7-9)13-5-4-12(8-16)15(18-13)19-17/h4-7H,17H2,1-3H3,(H,18,19). The number of aryl methyl sites for hydroxylation is 3. The summed E-state index contributed by atoms with van der Waals surface area (Å²) in [6, 6.07) is 9.89. The number of anilines is 1. The van der Waals surface area contributed by atoms with Crippen molar-refractivity contribution in [3.8, 4) is 17.3 Å². The van der Waals surface area contributed by atoms with Crippen LogP contribution in [0.15, 0.2) is 24.3 Å². The predicted molar refractivity (Wildman–Crippen MR) is 76.4 cm³/mol. The Morgan fingerprint density at radius 3 is 2.32 bits per heavy atom. The lowest BCUT2D eigenvalue weighted by Gasteiger charge is -2.12. The summed E-state index contributed by atoms with van der Waals surface area (Å²) >= 11 is 0. The molecule has 0 saturated carbocycles. The minimum Gasteiger partial charge on any atom is -0.307 e. The molecular weight excluding hydrogens is 236 g/mol. The number of rotatable bonds is 2. The Morgan fingerprint density at radius 2 is 1.79 bits per heavy atom. The van der Waals surface area contributed by atoms with Crippen LogP contribution in [0.2, 0.25) is 0 Å². The summed E-state index contributed by atoms with van der Waals surface area (Å²) in [5.41, 5.74) is 8.38. The molecule has 1 aromatic heterocycles. The highest BCUT2D eigenvalue weighted by atomic mass is 15.2. The van der Waals surface area contributed by atoms with Gasteiger partial charge in [0.1, 0.15) is 6.07 Å². The van der Waals surface area contributed by atoms with Crippen molar-refractivity contribution >= 4 is 5.82 Å². The Labute approximate surface area is 112 Å². The molecule has 0 aliphatic rings. The number of nitrogens with one attached hydrogen (secondary N) is 1. The number of aromatic nitrogens is 1. The number of hydrogen-bond donors (Lipinski definition) is 2. The third-order valence-electron chi connectivity index (χ3n) is 3.09. The molecule has 0 bridgehead atoms. The van der Waals surface area contributed by atoms with Gasteiger partial charge in [-0.3, -0.25) is 0 Å². The van der Waals surface area contributed by atoms with Crippen LogP contribution >= 0.6 is 0 Å². The van der Waals surface area contributed by atoms with E-state index in [-0.39, 0.29) is 0 Å². The molecule has 0 aliphatic heterocycles. The van der Waals surface area contributed by atoms with E-state index in [1.54, 1.807) is 6.07 Å². The van der Waals surface area contributed by atoms with Crippen LogP contribution in [-0.4, -0.2) is 4.98 Å². The van der Waals surface area contributed by atoms with E-state index in [0.717, 1.165) is 22.4 Å². The van der Waals surface area contributed by atoms with Crippen molar-refractivity contribution in [3.05, 3.63) is 46.5 Å². The summed E-state index contributed by atoms with van der Waals surface area (Å²) in [6.45, 7) is 6.19. The van der Waals surface area contributed by atoms with Crippen molar-refractivity contribution in [3.63, 3.8) is 0 Å². The van der Waals surface area contributed by atoms with Gasteiger partial charge in [0.05, 0.1) is 11.3 Å². The molecule has 2 rings (SSSR count). The van der Waals surface area contributed by atoms with E-state index in [2.05, 4.69) is 49.4 Å². The second-order valence-electron chi connectivity index (χ2n) is 4.62. The normalized spacial score (nSPS) is 10.1. The van der Waals surface area contributed by atoms with E-state index in [9.17, 15) is 0 Å². The number of nitriles is 1. The summed E-state index contributed by atoms with van der Waals surface area (Å²) in [5, 5.41) is 8.97. The molecule has 0 radical (unpaired) electrons. The second kappa shape index (κ2) is 5.09. The average molecular weight is 252 g/mol. The van der Waals surface area contributed by atoms with Gasteiger partial charge in [-0.2, -0.15) is 5.26 Å². The molecule has 0 amide bonds. The first-order valence-corrected chi connectivity index (χ1v) is 6.02. The minimum absolute atomic E-state index is 0.402. The van der Waals surface area contributed by atoms with E-state index < -0.39 is 0 Å². The van der Waals surface area contributed by atoms with E-state index in [1.807, 2.05) is 6.07 Å². The van der Waals surface area contributed by atoms with Gasteiger partial charge in [-0.1, -0.05) is 17.7 Å². The van der Waals surface area contributed by atoms with Crippen molar-refractivity contribution in [2.24, 2.45) is 5.84 Å². The van der Waals surface area contributed by atoms with Gasteiger partial charge in [0, 0.05) is 5.56 Å². The van der Waals surface area contributed by atoms with Gasteiger partial charge in [-0.25, -0.2) is 10.8 Å². The average Bonchev–Trinajstić information content (AvgIpc) is 2.37. The van der Waals surface area contributed by atoms with Crippen LogP contribution in [0.1, 0.15) is 22.3 Å². The molecule has 0 spiro atoms. The zero-order valence-corrected chi connectivity index (χ0v) is 11.3. The smallest absolute Gasteiger partial charge is 0.158 e. The maximum Gasteiger partial charge on any atom is 0.158 e. The zero-order valence-electron chi connectivity index (χ0n) is 11.3. The number of nitrogens with two attached hydrogens (primary N) is 1. The van der Waals surface area contributed by atoms with E-state index in [4.69, 9.17) is 11.1 Å². The summed E-state index contributed by atoms with van der Waals surface area (Å²) in [4.78, 5) is 4.42. The lowest BCUT2D eigenvalue weighted by molar-refractivity contribution is 1.20. The van der Waals surface area contributed by atoms with Gasteiger partial charge in [-0.15, -0.1) is 0 Å². The maximum atomic E-state index is 8.97. The van der Waals surface area contributed by atoms with Gasteiger partial charge < -0.3 is 5.43 Å². The van der Waals surface area contributed by atoms with Crippen LogP contribution in [0.3, 0.4) is 0 Å². The highest BCUT2D eigenvalue weighted by molar-refractivity contribution is 5.70. The Bertz CT molecular complexity index is 645. The van der Waals surface area contributed by atoms with E-state index in [0.29, 0.717) is 11.4 Å². The molecule has 2 aromatic rings. The molecule has 0 unspecified atom stereocenters. The highest BCUT2D eigenvalue weighted by Crippen LogP contribution is 2.28. The van der Waals surface area contributed by atoms with Gasteiger partial charge >= 0.3 is 0 Å². The molecule has 3 N–H and O–H groups in total. The highest BCUT2D eigenvalue weighted by Gasteiger charge is 2.10. The van der Waals surface area contributed by atoms with Crippen LogP contribution in [0.5, 0.6) is 0 Å². The summed E-state index contributed by atoms with van der Waals surface area (Å²) in [5.74, 6) is 5.81. The SMILES string of the molecule is Cc1cc(C)c(-c2ccc(C#N)c(NN)n2)c(C)c1. The summed E-state index contributed by atoms with van der Waals surface area (Å²) < 4.78 is 0. The van der Waals surface area contributed by atoms with Crippen LogP contribution in [-0.2, 0) is 0 Å². The summed E-state index contributed by atoms with van der Waals surface area (Å²) in [6.07, 6.45) is 0. The van der Waals surface area contributed by atoms with Crippen LogP contribution in [0.25, 0.3) is 11.3 Å². The maximum absolute atomic E-state index is 8.97. The van der Waals surface area contributed by atoms with E-state index in [1.165, 1.54) is 5.56 Å². The largest absolute Gasteiger partial charge is 0.307 e. The number of benzene rings is 1. The molecule has 1 aromatic carbocycles. The third kappa shape index (κ3) is 2.42. The molecular formula is C15H16N4. The van der Waals surface area contributed by atoms with Crippen LogP contribution < -0.4 is 11.3 Å². The molecule has 0 fully saturated rings. The third-order valence-corrected chi connectivity index (χ3v) is 3.09. The predicted octanol–water partition coefficient (Wildman–Crippen LogP) is 2.83. The van der Waals surface area contributed by atoms with Crippen LogP contribution in [0, 0.1) is 32.1 Å². The van der Waals surface area contributed by atoms with Gasteiger partial charge in [-0.05, 0) is 44.0 Å². The molecule has 4 heteroatoms. The number of nitrogen functional groups attached to an aromatic ring is 1.